The molecule has 0 fully saturated rings. The van der Waals surface area contributed by atoms with Crippen molar-refractivity contribution >= 4 is 50.9 Å². The monoisotopic (exact) mass is 500 g/mol. The highest BCUT2D eigenvalue weighted by Crippen LogP contribution is 2.32. The van der Waals surface area contributed by atoms with Crippen molar-refractivity contribution < 1.29 is 20.6 Å². The van der Waals surface area contributed by atoms with Gasteiger partial charge in [0.05, 0.1) is 0 Å². The van der Waals surface area contributed by atoms with Crippen LogP contribution in [0.2, 0.25) is 91.2 Å². The fourth-order valence-electron chi connectivity index (χ4n) is 3.34. The molecule has 170 valence electrons. The Kier molecular flexibility index (Phi) is 10.5. The zero-order valence-corrected chi connectivity index (χ0v) is 27.2. The van der Waals surface area contributed by atoms with Crippen molar-refractivity contribution in [2.24, 2.45) is 0 Å². The van der Waals surface area contributed by atoms with Crippen LogP contribution in [0.25, 0.3) is 0 Å². The van der Waals surface area contributed by atoms with Gasteiger partial charge >= 0.3 is 25.9 Å². The SMILES string of the molecule is CCCC[Si](O[Si](C)(C)C)(O[Si](C)(C)O[Si](C)(C)C)O[Si](C)(C)O[Si](C)(C)C. The summed E-state index contributed by atoms with van der Waals surface area (Å²) in [6, 6.07) is 0.838. The van der Waals surface area contributed by atoms with E-state index in [-0.39, 0.29) is 0 Å². The minimum Gasteiger partial charge on any atom is -0.437 e. The predicted molar refractivity (Wildman–Crippen MR) is 136 cm³/mol. The second-order valence-electron chi connectivity index (χ2n) is 11.4. The Morgan fingerprint density at radius 3 is 1.04 bits per heavy atom. The fraction of sp³-hybridized carbons (Fsp3) is 1.00. The van der Waals surface area contributed by atoms with E-state index in [0.717, 1.165) is 18.9 Å². The standard InChI is InChI=1S/C17H48O5Si6/c1-15-16-17-28(20-25(8,9)10,21-26(11,12)18-23(2,3)4)22-27(13,14)19-24(5,6)7/h15-17H2,1-14H3. The molecule has 28 heavy (non-hydrogen) atoms. The van der Waals surface area contributed by atoms with Crippen LogP contribution in [-0.2, 0) is 20.6 Å². The van der Waals surface area contributed by atoms with Crippen molar-refractivity contribution in [3.05, 3.63) is 0 Å². The van der Waals surface area contributed by atoms with Gasteiger partial charge in [-0.3, -0.25) is 0 Å². The summed E-state index contributed by atoms with van der Waals surface area (Å²) < 4.78 is 33.6. The summed E-state index contributed by atoms with van der Waals surface area (Å²) in [6.07, 6.45) is 2.12. The molecule has 0 aromatic rings. The van der Waals surface area contributed by atoms with E-state index in [4.69, 9.17) is 20.6 Å². The lowest BCUT2D eigenvalue weighted by Crippen LogP contribution is -2.64. The van der Waals surface area contributed by atoms with Gasteiger partial charge in [0.2, 0.25) is 0 Å². The molecular formula is C17H48O5Si6. The molecule has 0 aromatic heterocycles. The van der Waals surface area contributed by atoms with Gasteiger partial charge in [0.25, 0.3) is 0 Å². The van der Waals surface area contributed by atoms with Crippen molar-refractivity contribution in [2.45, 2.75) is 111 Å². The Hall–Kier alpha value is 1.10. The molecule has 0 saturated carbocycles. The maximum Gasteiger partial charge on any atom is 0.472 e. The molecule has 0 unspecified atom stereocenters. The first-order chi connectivity index (χ1) is 12.1. The van der Waals surface area contributed by atoms with E-state index in [0.29, 0.717) is 0 Å². The van der Waals surface area contributed by atoms with Crippen molar-refractivity contribution in [1.82, 2.24) is 0 Å². The molecule has 11 heteroatoms. The lowest BCUT2D eigenvalue weighted by atomic mass is 10.4. The zero-order valence-electron chi connectivity index (χ0n) is 21.2. The molecular weight excluding hydrogens is 453 g/mol. The summed E-state index contributed by atoms with van der Waals surface area (Å²) in [5, 5.41) is 0. The number of unbranched alkanes of at least 4 members (excludes halogenated alkanes) is 1. The van der Waals surface area contributed by atoms with Crippen LogP contribution in [-0.4, -0.2) is 50.9 Å². The minimum absolute atomic E-state index is 0.838. The Labute approximate surface area is 182 Å². The van der Waals surface area contributed by atoms with E-state index in [1.54, 1.807) is 0 Å². The molecule has 0 bridgehead atoms. The Morgan fingerprint density at radius 1 is 0.464 bits per heavy atom. The molecule has 0 amide bonds. The predicted octanol–water partition coefficient (Wildman–Crippen LogP) is 6.72. The van der Waals surface area contributed by atoms with Crippen LogP contribution in [0.5, 0.6) is 0 Å². The van der Waals surface area contributed by atoms with Crippen molar-refractivity contribution in [1.29, 1.82) is 0 Å². The van der Waals surface area contributed by atoms with Crippen LogP contribution < -0.4 is 0 Å². The van der Waals surface area contributed by atoms with Crippen molar-refractivity contribution in [2.75, 3.05) is 0 Å². The molecule has 0 aromatic carbocycles. The highest BCUT2D eigenvalue weighted by atomic mass is 28.5. The average molecular weight is 501 g/mol. The number of hydrogen-bond acceptors (Lipinski definition) is 5. The smallest absolute Gasteiger partial charge is 0.437 e. The second-order valence-corrected chi connectivity index (χ2v) is 35.7. The molecule has 0 spiro atoms. The van der Waals surface area contributed by atoms with Gasteiger partial charge in [-0.25, -0.2) is 0 Å². The molecule has 0 aliphatic heterocycles. The highest BCUT2D eigenvalue weighted by molar-refractivity contribution is 6.92. The Bertz CT molecular complexity index is 450. The van der Waals surface area contributed by atoms with E-state index >= 15 is 0 Å². The van der Waals surface area contributed by atoms with Gasteiger partial charge in [0.1, 0.15) is 0 Å². The third-order valence-corrected chi connectivity index (χ3v) is 23.1. The summed E-state index contributed by atoms with van der Waals surface area (Å²) in [4.78, 5) is 0. The first-order valence-electron chi connectivity index (χ1n) is 10.6. The normalized spacial score (nSPS) is 15.2. The highest BCUT2D eigenvalue weighted by Gasteiger charge is 2.53. The summed E-state index contributed by atoms with van der Waals surface area (Å²) in [5.41, 5.74) is 0. The van der Waals surface area contributed by atoms with Crippen LogP contribution in [0, 0.1) is 0 Å². The molecule has 0 radical (unpaired) electrons. The first kappa shape index (κ1) is 29.1. The van der Waals surface area contributed by atoms with Gasteiger partial charge in [-0.05, 0) is 91.5 Å². The van der Waals surface area contributed by atoms with Gasteiger partial charge < -0.3 is 20.6 Å². The molecule has 5 nitrogen and oxygen atoms in total. The maximum absolute atomic E-state index is 6.88. The Morgan fingerprint density at radius 2 is 0.786 bits per heavy atom. The lowest BCUT2D eigenvalue weighted by molar-refractivity contribution is 0.206. The van der Waals surface area contributed by atoms with Crippen LogP contribution in [0.15, 0.2) is 0 Å². The van der Waals surface area contributed by atoms with Crippen LogP contribution >= 0.6 is 0 Å². The van der Waals surface area contributed by atoms with E-state index in [9.17, 15) is 0 Å². The van der Waals surface area contributed by atoms with E-state index in [1.807, 2.05) is 0 Å². The number of hydrogen-bond donors (Lipinski definition) is 0. The summed E-state index contributed by atoms with van der Waals surface area (Å²) in [5.74, 6) is 0. The van der Waals surface area contributed by atoms with Gasteiger partial charge in [-0.2, -0.15) is 0 Å². The summed E-state index contributed by atoms with van der Waals surface area (Å²) in [7, 11) is -13.1. The fourth-order valence-corrected chi connectivity index (χ4v) is 29.6. The van der Waals surface area contributed by atoms with Gasteiger partial charge in [-0.15, -0.1) is 0 Å². The first-order valence-corrected chi connectivity index (χ1v) is 28.4. The van der Waals surface area contributed by atoms with Gasteiger partial charge in [0.15, 0.2) is 25.0 Å². The van der Waals surface area contributed by atoms with E-state index in [2.05, 4.69) is 92.0 Å². The van der Waals surface area contributed by atoms with Crippen molar-refractivity contribution in [3.8, 4) is 0 Å². The lowest BCUT2D eigenvalue weighted by Gasteiger charge is -2.45. The molecule has 0 atom stereocenters. The molecule has 0 aliphatic carbocycles. The second kappa shape index (κ2) is 10.1. The molecule has 0 N–H and O–H groups in total. The van der Waals surface area contributed by atoms with Gasteiger partial charge in [-0.1, -0.05) is 13.3 Å². The van der Waals surface area contributed by atoms with Gasteiger partial charge in [0, 0.05) is 6.04 Å². The topological polar surface area (TPSA) is 46.2 Å². The van der Waals surface area contributed by atoms with Crippen molar-refractivity contribution in [3.63, 3.8) is 0 Å². The van der Waals surface area contributed by atoms with E-state index in [1.165, 1.54) is 0 Å². The van der Waals surface area contributed by atoms with E-state index < -0.39 is 50.9 Å². The minimum atomic E-state index is -2.94. The molecule has 0 aliphatic rings. The summed E-state index contributed by atoms with van der Waals surface area (Å²) in [6.45, 7) is 30.7. The van der Waals surface area contributed by atoms with Crippen LogP contribution in [0.1, 0.15) is 19.8 Å². The van der Waals surface area contributed by atoms with Crippen LogP contribution in [0.3, 0.4) is 0 Å². The molecule has 0 heterocycles. The quantitative estimate of drug-likeness (QED) is 0.263. The largest absolute Gasteiger partial charge is 0.472 e. The third kappa shape index (κ3) is 14.2. The molecule has 0 rings (SSSR count). The Balaban J connectivity index is 6.00. The third-order valence-electron chi connectivity index (χ3n) is 3.20. The maximum atomic E-state index is 6.88. The zero-order chi connectivity index (χ0) is 22.7. The van der Waals surface area contributed by atoms with Crippen LogP contribution in [0.4, 0.5) is 0 Å². The summed E-state index contributed by atoms with van der Waals surface area (Å²) >= 11 is 0. The molecule has 0 saturated heterocycles. The average Bonchev–Trinajstić information content (AvgIpc) is 2.25. The number of rotatable bonds is 13.